The van der Waals surface area contributed by atoms with Crippen molar-refractivity contribution >= 4 is 31.9 Å². The lowest BCUT2D eigenvalue weighted by molar-refractivity contribution is 0.0179. The second-order valence-corrected chi connectivity index (χ2v) is 5.14. The van der Waals surface area contributed by atoms with E-state index in [1.165, 1.54) is 0 Å². The highest BCUT2D eigenvalue weighted by atomic mass is 79.9. The summed E-state index contributed by atoms with van der Waals surface area (Å²) in [5, 5.41) is 0. The third-order valence-corrected chi connectivity index (χ3v) is 2.85. The lowest BCUT2D eigenvalue weighted by Crippen LogP contribution is -2.12. The number of rotatable bonds is 10. The zero-order valence-electron chi connectivity index (χ0n) is 10.7. The molecule has 0 unspecified atom stereocenters. The van der Waals surface area contributed by atoms with E-state index in [0.29, 0.717) is 39.6 Å². The van der Waals surface area contributed by atoms with E-state index >= 15 is 0 Å². The van der Waals surface area contributed by atoms with Crippen LogP contribution >= 0.6 is 31.9 Å². The molecule has 7 heteroatoms. The molecule has 0 atom stereocenters. The molecule has 19 heavy (non-hydrogen) atoms. The van der Waals surface area contributed by atoms with Gasteiger partial charge in [-0.3, -0.25) is 0 Å². The number of pyridine rings is 1. The van der Waals surface area contributed by atoms with Gasteiger partial charge in [0.15, 0.2) is 0 Å². The highest BCUT2D eigenvalue weighted by Crippen LogP contribution is 2.21. The second kappa shape index (κ2) is 10.6. The Bertz CT molecular complexity index is 345. The molecular formula is C12H17Br2NO4. The van der Waals surface area contributed by atoms with Crippen LogP contribution in [0.3, 0.4) is 0 Å². The predicted octanol–water partition coefficient (Wildman–Crippen LogP) is 2.67. The molecule has 0 saturated heterocycles. The first-order valence-corrected chi connectivity index (χ1v) is 7.41. The first kappa shape index (κ1) is 16.8. The Hall–Kier alpha value is -0.210. The molecule has 0 spiro atoms. The molecule has 0 aromatic carbocycles. The summed E-state index contributed by atoms with van der Waals surface area (Å²) in [6.07, 6.45) is 0. The second-order valence-electron chi connectivity index (χ2n) is 3.51. The van der Waals surface area contributed by atoms with Gasteiger partial charge in [0.2, 0.25) is 0 Å². The molecule has 0 saturated carbocycles. The van der Waals surface area contributed by atoms with Gasteiger partial charge in [-0.2, -0.15) is 0 Å². The summed E-state index contributed by atoms with van der Waals surface area (Å²) < 4.78 is 22.5. The number of hydrogen-bond donors (Lipinski definition) is 0. The van der Waals surface area contributed by atoms with E-state index in [1.54, 1.807) is 19.2 Å². The van der Waals surface area contributed by atoms with Crippen LogP contribution in [0.1, 0.15) is 0 Å². The van der Waals surface area contributed by atoms with Gasteiger partial charge in [0.05, 0.1) is 33.0 Å². The number of ether oxygens (including phenoxy) is 4. The molecule has 5 nitrogen and oxygen atoms in total. The van der Waals surface area contributed by atoms with Gasteiger partial charge < -0.3 is 18.9 Å². The number of hydrogen-bond acceptors (Lipinski definition) is 5. The zero-order valence-corrected chi connectivity index (χ0v) is 13.9. The van der Waals surface area contributed by atoms with Crippen molar-refractivity contribution in [3.63, 3.8) is 0 Å². The van der Waals surface area contributed by atoms with Crippen LogP contribution in [0.5, 0.6) is 5.75 Å². The third kappa shape index (κ3) is 8.54. The maximum Gasteiger partial charge on any atom is 0.124 e. The Morgan fingerprint density at radius 3 is 2.00 bits per heavy atom. The van der Waals surface area contributed by atoms with Crippen molar-refractivity contribution in [3.8, 4) is 5.75 Å². The monoisotopic (exact) mass is 397 g/mol. The van der Waals surface area contributed by atoms with Crippen LogP contribution in [0.25, 0.3) is 0 Å². The van der Waals surface area contributed by atoms with E-state index in [2.05, 4.69) is 36.8 Å². The number of nitrogens with zero attached hydrogens (tertiary/aromatic N) is 1. The predicted molar refractivity (Wildman–Crippen MR) is 78.6 cm³/mol. The molecule has 108 valence electrons. The molecular weight excluding hydrogens is 382 g/mol. The zero-order chi connectivity index (χ0) is 13.9. The van der Waals surface area contributed by atoms with Crippen molar-refractivity contribution in [2.24, 2.45) is 0 Å². The van der Waals surface area contributed by atoms with E-state index < -0.39 is 0 Å². The largest absolute Gasteiger partial charge is 0.491 e. The first-order valence-electron chi connectivity index (χ1n) is 5.82. The van der Waals surface area contributed by atoms with Crippen LogP contribution in [0, 0.1) is 0 Å². The molecule has 1 aromatic rings. The molecule has 1 aromatic heterocycles. The Labute approximate surface area is 129 Å². The fraction of sp³-hybridized carbons (Fsp3) is 0.583. The Morgan fingerprint density at radius 2 is 1.42 bits per heavy atom. The topological polar surface area (TPSA) is 49.8 Å². The standard InChI is InChI=1S/C12H17Br2NO4/c1-16-2-3-17-4-5-18-6-7-19-10-8-11(13)15-12(14)9-10/h8-9H,2-7H2,1H3. The molecule has 1 heterocycles. The van der Waals surface area contributed by atoms with Crippen LogP contribution in [0.2, 0.25) is 0 Å². The fourth-order valence-corrected chi connectivity index (χ4v) is 2.28. The van der Waals surface area contributed by atoms with Crippen molar-refractivity contribution in [2.75, 3.05) is 46.8 Å². The molecule has 0 aliphatic carbocycles. The molecule has 1 rings (SSSR count). The third-order valence-electron chi connectivity index (χ3n) is 2.04. The van der Waals surface area contributed by atoms with Crippen molar-refractivity contribution in [2.45, 2.75) is 0 Å². The molecule has 0 amide bonds. The minimum atomic E-state index is 0.487. The summed E-state index contributed by atoms with van der Waals surface area (Å²) in [5.74, 6) is 0.744. The minimum Gasteiger partial charge on any atom is -0.491 e. The summed E-state index contributed by atoms with van der Waals surface area (Å²) in [5.41, 5.74) is 0. The van der Waals surface area contributed by atoms with Crippen LogP contribution < -0.4 is 4.74 Å². The fourth-order valence-electron chi connectivity index (χ4n) is 1.21. The summed E-state index contributed by atoms with van der Waals surface area (Å²) >= 11 is 6.60. The summed E-state index contributed by atoms with van der Waals surface area (Å²) in [6, 6.07) is 3.61. The van der Waals surface area contributed by atoms with E-state index in [9.17, 15) is 0 Å². The maximum atomic E-state index is 5.53. The summed E-state index contributed by atoms with van der Waals surface area (Å²) in [7, 11) is 1.65. The lowest BCUT2D eigenvalue weighted by atomic mass is 10.4. The van der Waals surface area contributed by atoms with Gasteiger partial charge in [-0.1, -0.05) is 0 Å². The normalized spacial score (nSPS) is 10.7. The van der Waals surface area contributed by atoms with Gasteiger partial charge in [-0.25, -0.2) is 4.98 Å². The molecule has 0 aliphatic rings. The number of halogens is 2. The number of methoxy groups -OCH3 is 1. The Morgan fingerprint density at radius 1 is 0.895 bits per heavy atom. The quantitative estimate of drug-likeness (QED) is 0.448. The summed E-state index contributed by atoms with van der Waals surface area (Å²) in [6.45, 7) is 3.32. The SMILES string of the molecule is COCCOCCOCCOc1cc(Br)nc(Br)c1. The van der Waals surface area contributed by atoms with Crippen molar-refractivity contribution in [3.05, 3.63) is 21.3 Å². The van der Waals surface area contributed by atoms with Crippen molar-refractivity contribution in [1.29, 1.82) is 0 Å². The average molecular weight is 399 g/mol. The molecule has 0 aliphatic heterocycles. The van der Waals surface area contributed by atoms with E-state index in [0.717, 1.165) is 15.0 Å². The molecule has 0 radical (unpaired) electrons. The van der Waals surface area contributed by atoms with Crippen molar-refractivity contribution in [1.82, 2.24) is 4.98 Å². The molecule has 0 bridgehead atoms. The van der Waals surface area contributed by atoms with Gasteiger partial charge in [0.25, 0.3) is 0 Å². The number of aromatic nitrogens is 1. The van der Waals surface area contributed by atoms with Crippen LogP contribution in [-0.4, -0.2) is 51.7 Å². The lowest BCUT2D eigenvalue weighted by Gasteiger charge is -2.08. The van der Waals surface area contributed by atoms with E-state index in [-0.39, 0.29) is 0 Å². The highest BCUT2D eigenvalue weighted by Gasteiger charge is 1.99. The Kier molecular flexibility index (Phi) is 9.36. The maximum absolute atomic E-state index is 5.53. The van der Waals surface area contributed by atoms with Gasteiger partial charge in [0, 0.05) is 19.2 Å². The van der Waals surface area contributed by atoms with Crippen molar-refractivity contribution < 1.29 is 18.9 Å². The summed E-state index contributed by atoms with van der Waals surface area (Å²) in [4.78, 5) is 4.12. The van der Waals surface area contributed by atoms with Gasteiger partial charge in [0.1, 0.15) is 21.6 Å². The van der Waals surface area contributed by atoms with Gasteiger partial charge in [-0.15, -0.1) is 0 Å². The molecule has 0 fully saturated rings. The first-order chi connectivity index (χ1) is 9.22. The van der Waals surface area contributed by atoms with Gasteiger partial charge >= 0.3 is 0 Å². The van der Waals surface area contributed by atoms with Crippen LogP contribution in [-0.2, 0) is 14.2 Å². The smallest absolute Gasteiger partial charge is 0.124 e. The van der Waals surface area contributed by atoms with E-state index in [1.807, 2.05) is 0 Å². The van der Waals surface area contributed by atoms with Crippen LogP contribution in [0.15, 0.2) is 21.3 Å². The van der Waals surface area contributed by atoms with E-state index in [4.69, 9.17) is 18.9 Å². The highest BCUT2D eigenvalue weighted by molar-refractivity contribution is 9.11. The Balaban J connectivity index is 2.01. The molecule has 0 N–H and O–H groups in total. The van der Waals surface area contributed by atoms with Crippen LogP contribution in [0.4, 0.5) is 0 Å². The minimum absolute atomic E-state index is 0.487. The van der Waals surface area contributed by atoms with Gasteiger partial charge in [-0.05, 0) is 31.9 Å². The average Bonchev–Trinajstić information content (AvgIpc) is 2.36.